The average Bonchev–Trinajstić information content (AvgIpc) is 2.76. The lowest BCUT2D eigenvalue weighted by atomic mass is 9.85. The molecule has 0 amide bonds. The zero-order chi connectivity index (χ0) is 28.9. The summed E-state index contributed by atoms with van der Waals surface area (Å²) in [4.78, 5) is 0. The molecule has 0 aromatic heterocycles. The summed E-state index contributed by atoms with van der Waals surface area (Å²) in [5.41, 5.74) is 9.04. The highest BCUT2D eigenvalue weighted by molar-refractivity contribution is 6.77. The van der Waals surface area contributed by atoms with Gasteiger partial charge in [0.25, 0.3) is 0 Å². The van der Waals surface area contributed by atoms with Crippen molar-refractivity contribution in [1.29, 1.82) is 5.41 Å². The highest BCUT2D eigenvalue weighted by Gasteiger charge is 2.25. The van der Waals surface area contributed by atoms with Crippen molar-refractivity contribution in [2.24, 2.45) is 0 Å². The molecular weight excluding hydrogens is 523 g/mol. The Hall–Kier alpha value is -1.02. The van der Waals surface area contributed by atoms with Gasteiger partial charge >= 0.3 is 0 Å². The molecule has 0 unspecified atom stereocenters. The Morgan fingerprint density at radius 3 is 0.842 bits per heavy atom. The van der Waals surface area contributed by atoms with E-state index in [0.29, 0.717) is 0 Å². The molecule has 0 saturated carbocycles. The van der Waals surface area contributed by atoms with Crippen molar-refractivity contribution in [3.63, 3.8) is 0 Å². The molecule has 0 aliphatic heterocycles. The highest BCUT2D eigenvalue weighted by Crippen LogP contribution is 2.30. The fourth-order valence-electron chi connectivity index (χ4n) is 4.95. The van der Waals surface area contributed by atoms with Gasteiger partial charge in [0.2, 0.25) is 0 Å². The molecule has 2 aromatic carbocycles. The van der Waals surface area contributed by atoms with Crippen LogP contribution in [0.4, 0.5) is 0 Å². The lowest BCUT2D eigenvalue weighted by molar-refractivity contribution is 1.02. The molecule has 212 valence electrons. The molecule has 0 spiro atoms. The smallest absolute Gasteiger partial charge is 0.0695 e. The van der Waals surface area contributed by atoms with E-state index in [1.54, 1.807) is 0 Å². The lowest BCUT2D eigenvalue weighted by Gasteiger charge is -2.25. The van der Waals surface area contributed by atoms with Gasteiger partial charge in [0.05, 0.1) is 5.71 Å². The molecule has 0 fully saturated rings. The molecular formula is C33H59NSi4. The predicted molar refractivity (Wildman–Crippen MR) is 186 cm³/mol. The number of rotatable bonds is 14. The Bertz CT molecular complexity index is 918. The van der Waals surface area contributed by atoms with Gasteiger partial charge in [-0.25, -0.2) is 0 Å². The van der Waals surface area contributed by atoms with Crippen molar-refractivity contribution in [2.75, 3.05) is 0 Å². The van der Waals surface area contributed by atoms with Crippen LogP contribution in [0.25, 0.3) is 0 Å². The second-order valence-corrected chi connectivity index (χ2v) is 39.0. The molecule has 2 aromatic rings. The van der Waals surface area contributed by atoms with E-state index < -0.39 is 32.3 Å². The minimum absolute atomic E-state index is 0.818. The van der Waals surface area contributed by atoms with Gasteiger partial charge in [-0.05, 0) is 47.9 Å². The third-order valence-electron chi connectivity index (χ3n) is 7.55. The first kappa shape index (κ1) is 33.2. The summed E-state index contributed by atoms with van der Waals surface area (Å²) in [5.74, 6) is 0. The number of hydrogen-bond donors (Lipinski definition) is 1. The van der Waals surface area contributed by atoms with E-state index in [0.717, 1.165) is 31.4 Å². The molecule has 0 saturated heterocycles. The van der Waals surface area contributed by atoms with Gasteiger partial charge in [0, 0.05) is 43.4 Å². The van der Waals surface area contributed by atoms with Crippen molar-refractivity contribution in [2.45, 2.75) is 128 Å². The highest BCUT2D eigenvalue weighted by atomic mass is 28.3. The van der Waals surface area contributed by atoms with E-state index in [-0.39, 0.29) is 0 Å². The van der Waals surface area contributed by atoms with Crippen molar-refractivity contribution < 1.29 is 0 Å². The lowest BCUT2D eigenvalue weighted by Crippen LogP contribution is -2.24. The maximum atomic E-state index is 9.92. The van der Waals surface area contributed by atoms with Gasteiger partial charge in [-0.3, -0.25) is 5.41 Å². The number of nitrogens with one attached hydrogen (secondary N) is 1. The third kappa shape index (κ3) is 11.6. The van der Waals surface area contributed by atoms with Crippen LogP contribution in [0.1, 0.15) is 33.4 Å². The molecule has 1 N–H and O–H groups in total. The number of aryl methyl sites for hydroxylation is 4. The fourth-order valence-corrected chi connectivity index (χ4v) is 9.02. The molecule has 0 radical (unpaired) electrons. The molecule has 0 heterocycles. The monoisotopic (exact) mass is 581 g/mol. The van der Waals surface area contributed by atoms with E-state index in [1.807, 2.05) is 0 Å². The second kappa shape index (κ2) is 13.1. The van der Waals surface area contributed by atoms with Crippen molar-refractivity contribution in [1.82, 2.24) is 0 Å². The predicted octanol–water partition coefficient (Wildman–Crippen LogP) is 10.6. The summed E-state index contributed by atoms with van der Waals surface area (Å²) < 4.78 is 0. The standard InChI is InChI=1S/C33H59NSi4/c1-35(2,3)23-19-27-15-13-16-28(20-24-36(4,5)6)31(27)33(34)32-29(21-25-37(7,8)9)17-14-18-30(32)22-26-38(10,11)12/h13-18,34H,19-26H2,1-12H3. The summed E-state index contributed by atoms with van der Waals surface area (Å²) in [5, 5.41) is 9.92. The average molecular weight is 582 g/mol. The Labute approximate surface area is 240 Å². The third-order valence-corrected chi connectivity index (χ3v) is 14.6. The van der Waals surface area contributed by atoms with Crippen LogP contribution in [0, 0.1) is 5.41 Å². The minimum Gasteiger partial charge on any atom is -0.300 e. The van der Waals surface area contributed by atoms with Gasteiger partial charge in [-0.15, -0.1) is 0 Å². The maximum absolute atomic E-state index is 9.92. The Morgan fingerprint density at radius 1 is 0.447 bits per heavy atom. The molecule has 0 aliphatic rings. The van der Waals surface area contributed by atoms with Gasteiger partial charge in [0.1, 0.15) is 0 Å². The Kier molecular flexibility index (Phi) is 11.4. The zero-order valence-corrected chi connectivity index (χ0v) is 31.1. The van der Waals surface area contributed by atoms with E-state index in [9.17, 15) is 5.41 Å². The summed E-state index contributed by atoms with van der Waals surface area (Å²) in [6.45, 7) is 29.8. The first-order chi connectivity index (χ1) is 17.3. The van der Waals surface area contributed by atoms with Crippen LogP contribution in [0.2, 0.25) is 103 Å². The van der Waals surface area contributed by atoms with Crippen LogP contribution < -0.4 is 0 Å². The largest absolute Gasteiger partial charge is 0.300 e. The molecule has 0 aliphatic carbocycles. The summed E-state index contributed by atoms with van der Waals surface area (Å²) in [6.07, 6.45) is 4.43. The number of hydrogen-bond acceptors (Lipinski definition) is 1. The fraction of sp³-hybridized carbons (Fsp3) is 0.606. The quantitative estimate of drug-likeness (QED) is 0.169. The molecule has 1 nitrogen and oxygen atoms in total. The first-order valence-electron chi connectivity index (χ1n) is 15.1. The van der Waals surface area contributed by atoms with E-state index >= 15 is 0 Å². The first-order valence-corrected chi connectivity index (χ1v) is 29.9. The van der Waals surface area contributed by atoms with Crippen molar-refractivity contribution >= 4 is 38.0 Å². The molecule has 38 heavy (non-hydrogen) atoms. The zero-order valence-electron chi connectivity index (χ0n) is 27.1. The molecule has 2 rings (SSSR count). The summed E-state index contributed by atoms with van der Waals surface area (Å²) >= 11 is 0. The number of benzene rings is 2. The molecule has 0 atom stereocenters. The van der Waals surface area contributed by atoms with Gasteiger partial charge in [0.15, 0.2) is 0 Å². The SMILES string of the molecule is C[Si](C)(C)CCc1cccc(CC[Si](C)(C)C)c1C(=N)c1c(CC[Si](C)(C)C)cccc1CC[Si](C)(C)C. The van der Waals surface area contributed by atoms with E-state index in [4.69, 9.17) is 0 Å². The summed E-state index contributed by atoms with van der Waals surface area (Å²) in [6, 6.07) is 19.0. The Balaban J connectivity index is 2.69. The molecule has 5 heteroatoms. The van der Waals surface area contributed by atoms with Crippen LogP contribution in [-0.2, 0) is 25.7 Å². The van der Waals surface area contributed by atoms with Crippen LogP contribution in [0.5, 0.6) is 0 Å². The normalized spacial score (nSPS) is 13.2. The van der Waals surface area contributed by atoms with E-state index in [2.05, 4.69) is 115 Å². The molecule has 0 bridgehead atoms. The van der Waals surface area contributed by atoms with Crippen LogP contribution in [0.15, 0.2) is 36.4 Å². The van der Waals surface area contributed by atoms with Crippen molar-refractivity contribution in [3.8, 4) is 0 Å². The topological polar surface area (TPSA) is 23.9 Å². The maximum Gasteiger partial charge on any atom is 0.0695 e. The van der Waals surface area contributed by atoms with Crippen LogP contribution in [-0.4, -0.2) is 38.0 Å². The summed E-state index contributed by atoms with van der Waals surface area (Å²) in [7, 11) is -4.75. The van der Waals surface area contributed by atoms with E-state index in [1.165, 1.54) is 57.6 Å². The van der Waals surface area contributed by atoms with Gasteiger partial charge in [-0.2, -0.15) is 0 Å². The van der Waals surface area contributed by atoms with Gasteiger partial charge < -0.3 is 0 Å². The second-order valence-electron chi connectivity index (χ2n) is 16.5. The van der Waals surface area contributed by atoms with Crippen LogP contribution in [0.3, 0.4) is 0 Å². The van der Waals surface area contributed by atoms with Crippen LogP contribution >= 0.6 is 0 Å². The minimum atomic E-state index is -1.19. The van der Waals surface area contributed by atoms with Crippen molar-refractivity contribution in [3.05, 3.63) is 69.8 Å². The van der Waals surface area contributed by atoms with Gasteiger partial charge in [-0.1, -0.05) is 139 Å². The Morgan fingerprint density at radius 2 is 0.658 bits per heavy atom.